The number of rotatable bonds is 7. The lowest BCUT2D eigenvalue weighted by atomic mass is 9.94. The number of methoxy groups -OCH3 is 1. The van der Waals surface area contributed by atoms with Crippen molar-refractivity contribution in [2.45, 2.75) is 51.4 Å². The number of hydroxylamine groups is 2. The van der Waals surface area contributed by atoms with E-state index < -0.39 is 30.0 Å². The first-order chi connectivity index (χ1) is 20.8. The third kappa shape index (κ3) is 8.48. The van der Waals surface area contributed by atoms with Crippen LogP contribution in [0.25, 0.3) is 11.1 Å². The number of anilines is 2. The number of nitrogens with zero attached hydrogens (tertiary/aromatic N) is 1. The van der Waals surface area contributed by atoms with Crippen LogP contribution >= 0.6 is 23.2 Å². The Labute approximate surface area is 261 Å². The van der Waals surface area contributed by atoms with Crippen LogP contribution in [0.3, 0.4) is 0 Å². The minimum absolute atomic E-state index is 0.0235. The van der Waals surface area contributed by atoms with Gasteiger partial charge in [-0.15, -0.1) is 13.2 Å². The molecule has 4 rings (SSSR count). The zero-order chi connectivity index (χ0) is 32.0. The maximum Gasteiger partial charge on any atom is 0.573 e. The number of carbonyl (C=O) groups excluding carboxylic acids is 3. The lowest BCUT2D eigenvalue weighted by Crippen LogP contribution is -2.42. The first-order valence-electron chi connectivity index (χ1n) is 13.5. The van der Waals surface area contributed by atoms with Gasteiger partial charge in [-0.25, -0.2) is 4.79 Å². The third-order valence-corrected chi connectivity index (χ3v) is 7.34. The summed E-state index contributed by atoms with van der Waals surface area (Å²) in [5.74, 6) is -1.36. The van der Waals surface area contributed by atoms with Gasteiger partial charge in [0.15, 0.2) is 0 Å². The van der Waals surface area contributed by atoms with Crippen molar-refractivity contribution < 1.29 is 41.9 Å². The Bertz CT molecular complexity index is 1510. The average molecular weight is 654 g/mol. The second kappa shape index (κ2) is 14.1. The summed E-state index contributed by atoms with van der Waals surface area (Å²) >= 11 is 12.2. The number of halogens is 5. The van der Waals surface area contributed by atoms with Crippen molar-refractivity contribution in [3.05, 3.63) is 70.2 Å². The standard InChI is InChI=1S/C30H28Cl2F3N3O6/c1-17(39)44-38(20-6-4-3-5-7-20)28(40)23-13-10-19(18-8-11-21(42-2)12-9-18)14-26(23)36-29(41)37-27-24(31)15-22(16-25(27)32)43-30(33,34)35/h8-16,20H,3-7H2,1-2H3,(H2,36,37,41). The summed E-state index contributed by atoms with van der Waals surface area (Å²) in [7, 11) is 1.53. The third-order valence-electron chi connectivity index (χ3n) is 6.74. The molecule has 3 aromatic carbocycles. The van der Waals surface area contributed by atoms with Gasteiger partial charge in [0.1, 0.15) is 11.5 Å². The summed E-state index contributed by atoms with van der Waals surface area (Å²) in [6.07, 6.45) is -0.999. The highest BCUT2D eigenvalue weighted by Crippen LogP contribution is 2.37. The van der Waals surface area contributed by atoms with Gasteiger partial charge in [0, 0.05) is 19.1 Å². The minimum Gasteiger partial charge on any atom is -0.497 e. The zero-order valence-electron chi connectivity index (χ0n) is 23.6. The number of benzene rings is 3. The molecule has 0 spiro atoms. The van der Waals surface area contributed by atoms with Gasteiger partial charge in [0.25, 0.3) is 5.91 Å². The first kappa shape index (κ1) is 32.7. The van der Waals surface area contributed by atoms with E-state index in [2.05, 4.69) is 15.4 Å². The molecule has 234 valence electrons. The molecule has 0 saturated heterocycles. The molecule has 3 aromatic rings. The molecule has 0 bridgehead atoms. The van der Waals surface area contributed by atoms with Crippen LogP contribution in [0.2, 0.25) is 10.0 Å². The molecule has 1 fully saturated rings. The summed E-state index contributed by atoms with van der Waals surface area (Å²) in [4.78, 5) is 44.3. The van der Waals surface area contributed by atoms with Gasteiger partial charge in [0.05, 0.1) is 40.1 Å². The van der Waals surface area contributed by atoms with Crippen LogP contribution in [0.5, 0.6) is 11.5 Å². The van der Waals surface area contributed by atoms with E-state index in [1.165, 1.54) is 20.1 Å². The van der Waals surface area contributed by atoms with Crippen molar-refractivity contribution in [1.82, 2.24) is 5.06 Å². The van der Waals surface area contributed by atoms with E-state index in [1.807, 2.05) is 0 Å². The lowest BCUT2D eigenvalue weighted by Gasteiger charge is -2.32. The number of carbonyl (C=O) groups is 3. The molecular formula is C30H28Cl2F3N3O6. The largest absolute Gasteiger partial charge is 0.573 e. The van der Waals surface area contributed by atoms with Gasteiger partial charge in [-0.3, -0.25) is 9.59 Å². The Morgan fingerprint density at radius 1 is 0.864 bits per heavy atom. The summed E-state index contributed by atoms with van der Waals surface area (Å²) in [6.45, 7) is 1.20. The Balaban J connectivity index is 1.68. The average Bonchev–Trinajstić information content (AvgIpc) is 2.97. The predicted octanol–water partition coefficient (Wildman–Crippen LogP) is 8.46. The summed E-state index contributed by atoms with van der Waals surface area (Å²) in [5, 5.41) is 5.41. The van der Waals surface area contributed by atoms with Crippen molar-refractivity contribution in [3.8, 4) is 22.6 Å². The van der Waals surface area contributed by atoms with Crippen LogP contribution in [0, 0.1) is 0 Å². The van der Waals surface area contributed by atoms with Gasteiger partial charge in [-0.1, -0.05) is 60.7 Å². The van der Waals surface area contributed by atoms with E-state index >= 15 is 0 Å². The van der Waals surface area contributed by atoms with Crippen LogP contribution in [0.1, 0.15) is 49.4 Å². The highest BCUT2D eigenvalue weighted by Gasteiger charge is 2.33. The predicted molar refractivity (Wildman–Crippen MR) is 159 cm³/mol. The Morgan fingerprint density at radius 3 is 2.05 bits per heavy atom. The Morgan fingerprint density at radius 2 is 1.48 bits per heavy atom. The summed E-state index contributed by atoms with van der Waals surface area (Å²) in [6, 6.07) is 12.2. The fourth-order valence-electron chi connectivity index (χ4n) is 4.78. The van der Waals surface area contributed by atoms with Gasteiger partial charge in [-0.05, 0) is 48.2 Å². The Hall–Kier alpha value is -4.16. The smallest absolute Gasteiger partial charge is 0.497 e. The second-order valence-corrected chi connectivity index (χ2v) is 10.7. The number of alkyl halides is 3. The van der Waals surface area contributed by atoms with E-state index in [4.69, 9.17) is 32.8 Å². The maximum atomic E-state index is 13.8. The molecule has 1 saturated carbocycles. The molecule has 2 N–H and O–H groups in total. The number of hydrogen-bond acceptors (Lipinski definition) is 6. The van der Waals surface area contributed by atoms with Crippen molar-refractivity contribution in [1.29, 1.82) is 0 Å². The molecule has 44 heavy (non-hydrogen) atoms. The molecular weight excluding hydrogens is 626 g/mol. The molecule has 9 nitrogen and oxygen atoms in total. The number of nitrogens with one attached hydrogen (secondary N) is 2. The number of amides is 3. The van der Waals surface area contributed by atoms with Crippen molar-refractivity contribution in [2.24, 2.45) is 0 Å². The lowest BCUT2D eigenvalue weighted by molar-refractivity contribution is -0.274. The molecule has 0 aromatic heterocycles. The maximum absolute atomic E-state index is 13.8. The topological polar surface area (TPSA) is 106 Å². The molecule has 3 amide bonds. The zero-order valence-corrected chi connectivity index (χ0v) is 25.1. The van der Waals surface area contributed by atoms with E-state index in [0.29, 0.717) is 24.2 Å². The van der Waals surface area contributed by atoms with Gasteiger partial charge in [0.2, 0.25) is 0 Å². The normalized spacial score (nSPS) is 13.5. The first-order valence-corrected chi connectivity index (χ1v) is 14.2. The SMILES string of the molecule is COc1ccc(-c2ccc(C(=O)N(OC(C)=O)C3CCCCC3)c(NC(=O)Nc3c(Cl)cc(OC(F)(F)F)cc3Cl)c2)cc1. The molecule has 1 aliphatic carbocycles. The quantitative estimate of drug-likeness (QED) is 0.248. The molecule has 0 atom stereocenters. The van der Waals surface area contributed by atoms with Gasteiger partial charge < -0.3 is 24.9 Å². The van der Waals surface area contributed by atoms with E-state index in [1.54, 1.807) is 36.4 Å². The Kier molecular flexibility index (Phi) is 10.5. The summed E-state index contributed by atoms with van der Waals surface area (Å²) < 4.78 is 47.0. The van der Waals surface area contributed by atoms with Gasteiger partial charge >= 0.3 is 18.4 Å². The highest BCUT2D eigenvalue weighted by atomic mass is 35.5. The fourth-order valence-corrected chi connectivity index (χ4v) is 5.34. The highest BCUT2D eigenvalue weighted by molar-refractivity contribution is 6.40. The van der Waals surface area contributed by atoms with E-state index in [-0.39, 0.29) is 33.0 Å². The van der Waals surface area contributed by atoms with Crippen molar-refractivity contribution in [2.75, 3.05) is 17.7 Å². The fraction of sp³-hybridized carbons (Fsp3) is 0.300. The van der Waals surface area contributed by atoms with E-state index in [9.17, 15) is 27.6 Å². The summed E-state index contributed by atoms with van der Waals surface area (Å²) in [5.41, 5.74) is 1.25. The molecule has 0 heterocycles. The van der Waals surface area contributed by atoms with Crippen LogP contribution in [0.15, 0.2) is 54.6 Å². The van der Waals surface area contributed by atoms with Crippen LogP contribution in [-0.2, 0) is 9.63 Å². The van der Waals surface area contributed by atoms with Crippen LogP contribution in [0.4, 0.5) is 29.3 Å². The molecule has 0 unspecified atom stereocenters. The second-order valence-electron chi connectivity index (χ2n) is 9.88. The van der Waals surface area contributed by atoms with E-state index in [0.717, 1.165) is 42.0 Å². The molecule has 1 aliphatic rings. The number of hydrogen-bond donors (Lipinski definition) is 2. The molecule has 0 radical (unpaired) electrons. The van der Waals surface area contributed by atoms with Crippen LogP contribution in [-0.4, -0.2) is 42.5 Å². The monoisotopic (exact) mass is 653 g/mol. The number of urea groups is 1. The number of ether oxygens (including phenoxy) is 2. The van der Waals surface area contributed by atoms with Gasteiger partial charge in [-0.2, -0.15) is 5.06 Å². The minimum atomic E-state index is -4.98. The molecule has 0 aliphatic heterocycles. The van der Waals surface area contributed by atoms with Crippen LogP contribution < -0.4 is 20.1 Å². The van der Waals surface area contributed by atoms with Crippen molar-refractivity contribution in [3.63, 3.8) is 0 Å². The molecule has 14 heteroatoms. The van der Waals surface area contributed by atoms with Crippen molar-refractivity contribution >= 4 is 52.5 Å².